The van der Waals surface area contributed by atoms with Gasteiger partial charge >= 0.3 is 0 Å². The molecule has 0 fully saturated rings. The number of nitrogens with two attached hydrogens (primary N) is 1. The molecule has 74 valence electrons. The van der Waals surface area contributed by atoms with E-state index in [-0.39, 0.29) is 0 Å². The Bertz CT molecular complexity index is 342. The lowest BCUT2D eigenvalue weighted by Crippen LogP contribution is -1.95. The average molecular weight is 189 g/mol. The lowest BCUT2D eigenvalue weighted by molar-refractivity contribution is 0.112. The van der Waals surface area contributed by atoms with E-state index < -0.39 is 0 Å². The first-order valence-corrected chi connectivity index (χ1v) is 4.70. The Morgan fingerprint density at radius 1 is 1.36 bits per heavy atom. The summed E-state index contributed by atoms with van der Waals surface area (Å²) in [5.41, 5.74) is 8.22. The van der Waals surface area contributed by atoms with Gasteiger partial charge in [0.2, 0.25) is 0 Å². The molecular formula is C12H15NO. The molecule has 0 amide bonds. The van der Waals surface area contributed by atoms with Crippen molar-refractivity contribution < 1.29 is 4.79 Å². The molecule has 0 aromatic heterocycles. The zero-order chi connectivity index (χ0) is 10.4. The fraction of sp³-hybridized carbons (Fsp3) is 0.250. The zero-order valence-corrected chi connectivity index (χ0v) is 8.36. The molecule has 2 heteroatoms. The summed E-state index contributed by atoms with van der Waals surface area (Å²) in [7, 11) is 0. The van der Waals surface area contributed by atoms with E-state index in [4.69, 9.17) is 5.73 Å². The van der Waals surface area contributed by atoms with Gasteiger partial charge in [0.05, 0.1) is 0 Å². The Kier molecular flexibility index (Phi) is 4.08. The molecule has 0 aliphatic carbocycles. The molecule has 1 aromatic rings. The molecule has 0 spiro atoms. The van der Waals surface area contributed by atoms with Crippen LogP contribution >= 0.6 is 0 Å². The zero-order valence-electron chi connectivity index (χ0n) is 8.36. The van der Waals surface area contributed by atoms with Crippen molar-refractivity contribution in [1.29, 1.82) is 0 Å². The van der Waals surface area contributed by atoms with Crippen LogP contribution in [0.3, 0.4) is 0 Å². The third kappa shape index (κ3) is 2.82. The van der Waals surface area contributed by atoms with E-state index in [9.17, 15) is 4.79 Å². The number of carbonyl (C=O) groups excluding carboxylic acids is 1. The van der Waals surface area contributed by atoms with Gasteiger partial charge in [0, 0.05) is 5.56 Å². The predicted molar refractivity (Wildman–Crippen MR) is 59.3 cm³/mol. The van der Waals surface area contributed by atoms with E-state index in [1.54, 1.807) is 0 Å². The van der Waals surface area contributed by atoms with Gasteiger partial charge in [-0.3, -0.25) is 4.79 Å². The molecule has 0 radical (unpaired) electrons. The Balaban J connectivity index is 2.92. The fourth-order valence-corrected chi connectivity index (χ4v) is 1.25. The van der Waals surface area contributed by atoms with Crippen LogP contribution in [0.4, 0.5) is 0 Å². The summed E-state index contributed by atoms with van der Waals surface area (Å²) >= 11 is 0. The Hall–Kier alpha value is -1.41. The van der Waals surface area contributed by atoms with Gasteiger partial charge in [0.15, 0.2) is 6.29 Å². The Labute approximate surface area is 84.4 Å². The van der Waals surface area contributed by atoms with Gasteiger partial charge in [-0.1, -0.05) is 35.9 Å². The molecule has 0 unspecified atom stereocenters. The number of aryl methyl sites for hydroxylation is 1. The number of rotatable bonds is 4. The van der Waals surface area contributed by atoms with Crippen LogP contribution in [0.25, 0.3) is 6.08 Å². The summed E-state index contributed by atoms with van der Waals surface area (Å²) < 4.78 is 0. The van der Waals surface area contributed by atoms with E-state index in [0.717, 1.165) is 29.4 Å². The molecule has 2 nitrogen and oxygen atoms in total. The monoisotopic (exact) mass is 189 g/mol. The van der Waals surface area contributed by atoms with Crippen LogP contribution in [0.15, 0.2) is 24.3 Å². The average Bonchev–Trinajstić information content (AvgIpc) is 2.19. The van der Waals surface area contributed by atoms with E-state index in [0.29, 0.717) is 6.54 Å². The topological polar surface area (TPSA) is 43.1 Å². The second-order valence-corrected chi connectivity index (χ2v) is 3.23. The maximum absolute atomic E-state index is 10.7. The molecule has 0 atom stereocenters. The number of aldehydes is 1. The summed E-state index contributed by atoms with van der Waals surface area (Å²) in [6.07, 6.45) is 5.65. The van der Waals surface area contributed by atoms with Crippen LogP contribution in [0, 0.1) is 6.92 Å². The Morgan fingerprint density at radius 3 is 2.79 bits per heavy atom. The van der Waals surface area contributed by atoms with E-state index >= 15 is 0 Å². The molecule has 0 saturated carbocycles. The van der Waals surface area contributed by atoms with Crippen molar-refractivity contribution in [3.05, 3.63) is 41.0 Å². The largest absolute Gasteiger partial charge is 0.330 e. The molecule has 0 aliphatic heterocycles. The second kappa shape index (κ2) is 5.35. The molecule has 1 aromatic carbocycles. The lowest BCUT2D eigenvalue weighted by atomic mass is 10.0. The SMILES string of the molecule is Cc1ccc(C=O)c(C=CCCN)c1. The first kappa shape index (κ1) is 10.7. The van der Waals surface area contributed by atoms with E-state index in [1.165, 1.54) is 0 Å². The summed E-state index contributed by atoms with van der Waals surface area (Å²) in [5.74, 6) is 0. The van der Waals surface area contributed by atoms with Crippen LogP contribution in [0.1, 0.15) is 27.9 Å². The molecule has 0 heterocycles. The van der Waals surface area contributed by atoms with Crippen LogP contribution < -0.4 is 5.73 Å². The maximum atomic E-state index is 10.7. The van der Waals surface area contributed by atoms with Crippen LogP contribution in [-0.2, 0) is 0 Å². The van der Waals surface area contributed by atoms with Crippen LogP contribution in [-0.4, -0.2) is 12.8 Å². The number of hydrogen-bond acceptors (Lipinski definition) is 2. The van der Waals surface area contributed by atoms with Crippen molar-refractivity contribution >= 4 is 12.4 Å². The molecule has 0 aliphatic rings. The highest BCUT2D eigenvalue weighted by Crippen LogP contribution is 2.11. The van der Waals surface area contributed by atoms with Crippen molar-refractivity contribution in [2.75, 3.05) is 6.54 Å². The highest BCUT2D eigenvalue weighted by atomic mass is 16.1. The van der Waals surface area contributed by atoms with Gasteiger partial charge in [-0.25, -0.2) is 0 Å². The van der Waals surface area contributed by atoms with Gasteiger partial charge in [-0.15, -0.1) is 0 Å². The van der Waals surface area contributed by atoms with Crippen LogP contribution in [0.2, 0.25) is 0 Å². The molecule has 14 heavy (non-hydrogen) atoms. The minimum atomic E-state index is 0.638. The smallest absolute Gasteiger partial charge is 0.150 e. The van der Waals surface area contributed by atoms with E-state index in [1.807, 2.05) is 37.3 Å². The van der Waals surface area contributed by atoms with Gasteiger partial charge in [0.1, 0.15) is 0 Å². The quantitative estimate of drug-likeness (QED) is 0.737. The Morgan fingerprint density at radius 2 is 2.14 bits per heavy atom. The first-order chi connectivity index (χ1) is 6.77. The third-order valence-corrected chi connectivity index (χ3v) is 2.00. The van der Waals surface area contributed by atoms with Crippen molar-refractivity contribution in [2.45, 2.75) is 13.3 Å². The van der Waals surface area contributed by atoms with E-state index in [2.05, 4.69) is 0 Å². The maximum Gasteiger partial charge on any atom is 0.150 e. The predicted octanol–water partition coefficient (Wildman–Crippen LogP) is 2.17. The van der Waals surface area contributed by atoms with Gasteiger partial charge in [-0.2, -0.15) is 0 Å². The summed E-state index contributed by atoms with van der Waals surface area (Å²) in [6, 6.07) is 5.77. The lowest BCUT2D eigenvalue weighted by Gasteiger charge is -2.00. The molecule has 0 bridgehead atoms. The standard InChI is InChI=1S/C12H15NO/c1-10-5-6-12(9-14)11(8-10)4-2-3-7-13/h2,4-6,8-9H,3,7,13H2,1H3. The van der Waals surface area contributed by atoms with Crippen molar-refractivity contribution in [2.24, 2.45) is 5.73 Å². The minimum absolute atomic E-state index is 0.638. The van der Waals surface area contributed by atoms with Crippen molar-refractivity contribution in [1.82, 2.24) is 0 Å². The first-order valence-electron chi connectivity index (χ1n) is 4.70. The summed E-state index contributed by atoms with van der Waals surface area (Å²) in [6.45, 7) is 2.65. The third-order valence-electron chi connectivity index (χ3n) is 2.00. The normalized spacial score (nSPS) is 10.7. The molecule has 0 saturated heterocycles. The number of hydrogen-bond donors (Lipinski definition) is 1. The summed E-state index contributed by atoms with van der Waals surface area (Å²) in [4.78, 5) is 10.7. The highest BCUT2D eigenvalue weighted by Gasteiger charge is 1.97. The van der Waals surface area contributed by atoms with Crippen LogP contribution in [0.5, 0.6) is 0 Å². The van der Waals surface area contributed by atoms with Crippen molar-refractivity contribution in [3.63, 3.8) is 0 Å². The highest BCUT2D eigenvalue weighted by molar-refractivity contribution is 5.82. The summed E-state index contributed by atoms with van der Waals surface area (Å²) in [5, 5.41) is 0. The van der Waals surface area contributed by atoms with Gasteiger partial charge in [0.25, 0.3) is 0 Å². The minimum Gasteiger partial charge on any atom is -0.330 e. The fourth-order valence-electron chi connectivity index (χ4n) is 1.25. The molecule has 2 N–H and O–H groups in total. The molecular weight excluding hydrogens is 174 g/mol. The molecule has 1 rings (SSSR count). The van der Waals surface area contributed by atoms with Gasteiger partial charge in [-0.05, 0) is 25.5 Å². The number of carbonyl (C=O) groups is 1. The number of benzene rings is 1. The van der Waals surface area contributed by atoms with Crippen molar-refractivity contribution in [3.8, 4) is 0 Å². The van der Waals surface area contributed by atoms with Gasteiger partial charge < -0.3 is 5.73 Å². The second-order valence-electron chi connectivity index (χ2n) is 3.23.